The molecule has 0 unspecified atom stereocenters. The van der Waals surface area contributed by atoms with Crippen molar-refractivity contribution in [3.63, 3.8) is 0 Å². The van der Waals surface area contributed by atoms with Crippen LogP contribution in [-0.2, 0) is 30.4 Å². The van der Waals surface area contributed by atoms with Crippen molar-refractivity contribution in [1.29, 1.82) is 0 Å². The zero-order valence-electron chi connectivity index (χ0n) is 27.5. The number of ketones is 1. The van der Waals surface area contributed by atoms with Gasteiger partial charge in [0, 0.05) is 25.7 Å². The van der Waals surface area contributed by atoms with E-state index in [9.17, 15) is 44.4 Å². The van der Waals surface area contributed by atoms with Gasteiger partial charge in [0.2, 0.25) is 5.91 Å². The molecule has 0 radical (unpaired) electrons. The van der Waals surface area contributed by atoms with Gasteiger partial charge in [0.15, 0.2) is 5.60 Å². The number of carboxylic acid groups (broad SMARTS) is 3. The number of carbonyl (C=O) groups is 5. The Bertz CT molecular complexity index is 1200. The maximum atomic E-state index is 13.3. The number of unbranched alkanes of at least 4 members (excludes halogenated alkanes) is 9. The standard InChI is InChI=1S/C36H51NO10/c1-3-5-7-10-13-17-28(38)18-14-11-8-9-12-15-19-30(36(46,35(44)45)26-32(39)40)33(41)37-31(34(42)43)25-27-20-22-29(23-21-27)47-24-16-6-4-2/h2,15,19-23,30-31,46H,3,5-14,16-18,24-26H2,1H3,(H,37,41)(H,39,40)(H,42,43)(H,44,45)/b19-15+/t30-,31+,36+/m1/s1. The first-order valence-corrected chi connectivity index (χ1v) is 16.5. The van der Waals surface area contributed by atoms with Crippen LogP contribution in [0.1, 0.15) is 109 Å². The third kappa shape index (κ3) is 16.8. The first-order valence-electron chi connectivity index (χ1n) is 16.5. The molecule has 0 aliphatic carbocycles. The molecule has 1 rings (SSSR count). The molecule has 11 heteroatoms. The maximum absolute atomic E-state index is 13.3. The lowest BCUT2D eigenvalue weighted by atomic mass is 9.82. The van der Waals surface area contributed by atoms with Gasteiger partial charge < -0.3 is 30.5 Å². The second-order valence-corrected chi connectivity index (χ2v) is 11.8. The van der Waals surface area contributed by atoms with Crippen LogP contribution in [0.3, 0.4) is 0 Å². The number of carboxylic acids is 3. The van der Waals surface area contributed by atoms with Crippen LogP contribution in [0.4, 0.5) is 0 Å². The van der Waals surface area contributed by atoms with Crippen LogP contribution in [0.25, 0.3) is 0 Å². The van der Waals surface area contributed by atoms with E-state index in [1.54, 1.807) is 24.3 Å². The number of ether oxygens (including phenoxy) is 1. The van der Waals surface area contributed by atoms with Crippen molar-refractivity contribution in [2.45, 2.75) is 121 Å². The molecule has 0 aliphatic rings. The summed E-state index contributed by atoms with van der Waals surface area (Å²) in [6, 6.07) is 5.03. The van der Waals surface area contributed by atoms with Crippen LogP contribution >= 0.6 is 0 Å². The number of rotatable bonds is 27. The third-order valence-corrected chi connectivity index (χ3v) is 7.76. The average Bonchev–Trinajstić information content (AvgIpc) is 3.02. The van der Waals surface area contributed by atoms with E-state index in [2.05, 4.69) is 18.2 Å². The highest BCUT2D eigenvalue weighted by Crippen LogP contribution is 2.26. The largest absolute Gasteiger partial charge is 0.494 e. The van der Waals surface area contributed by atoms with Gasteiger partial charge in [-0.2, -0.15) is 0 Å². The van der Waals surface area contributed by atoms with Crippen molar-refractivity contribution in [3.05, 3.63) is 42.0 Å². The van der Waals surface area contributed by atoms with Crippen LogP contribution in [0, 0.1) is 18.3 Å². The summed E-state index contributed by atoms with van der Waals surface area (Å²) in [5.41, 5.74) is -2.49. The molecule has 47 heavy (non-hydrogen) atoms. The number of carbonyl (C=O) groups excluding carboxylic acids is 2. The molecule has 0 heterocycles. The number of hydrogen-bond acceptors (Lipinski definition) is 7. The van der Waals surface area contributed by atoms with Gasteiger partial charge in [0.25, 0.3) is 0 Å². The summed E-state index contributed by atoms with van der Waals surface area (Å²) in [5.74, 6) is -4.66. The first-order chi connectivity index (χ1) is 22.4. The number of benzene rings is 1. The number of aliphatic hydroxyl groups is 1. The number of nitrogens with one attached hydrogen (secondary N) is 1. The molecule has 5 N–H and O–H groups in total. The lowest BCUT2D eigenvalue weighted by Gasteiger charge is -2.29. The molecule has 1 aromatic carbocycles. The number of Topliss-reactive ketones (excluding diaryl/α,β-unsaturated/α-hetero) is 1. The first kappa shape index (κ1) is 40.9. The molecule has 0 aliphatic heterocycles. The van der Waals surface area contributed by atoms with Gasteiger partial charge >= 0.3 is 17.9 Å². The highest BCUT2D eigenvalue weighted by atomic mass is 16.5. The predicted molar refractivity (Wildman–Crippen MR) is 177 cm³/mol. The Morgan fingerprint density at radius 1 is 0.915 bits per heavy atom. The normalized spacial score (nSPS) is 13.6. The van der Waals surface area contributed by atoms with Crippen LogP contribution in [-0.4, -0.2) is 68.3 Å². The molecule has 11 nitrogen and oxygen atoms in total. The summed E-state index contributed by atoms with van der Waals surface area (Å²) < 4.78 is 5.58. The van der Waals surface area contributed by atoms with E-state index in [4.69, 9.17) is 11.2 Å². The molecule has 0 spiro atoms. The van der Waals surface area contributed by atoms with E-state index in [0.29, 0.717) is 56.4 Å². The smallest absolute Gasteiger partial charge is 0.337 e. The fourth-order valence-corrected chi connectivity index (χ4v) is 5.02. The number of terminal acetylenes is 1. The Balaban J connectivity index is 2.82. The van der Waals surface area contributed by atoms with Crippen molar-refractivity contribution >= 4 is 29.6 Å². The SMILES string of the molecule is C#CCCCOc1ccc(C[C@H](NC(=O)[C@@H](/C=C/CCCCCCC(=O)CCCCCCC)[C@@](O)(CC(=O)O)C(=O)O)C(=O)O)cc1. The monoisotopic (exact) mass is 657 g/mol. The fraction of sp³-hybridized carbons (Fsp3) is 0.583. The molecule has 1 amide bonds. The molecule has 0 bridgehead atoms. The molecule has 3 atom stereocenters. The minimum atomic E-state index is -3.02. The molecule has 0 fully saturated rings. The topological polar surface area (TPSA) is 188 Å². The molecular formula is C36H51NO10. The molecule has 0 saturated heterocycles. The lowest BCUT2D eigenvalue weighted by molar-refractivity contribution is -0.172. The molecular weight excluding hydrogens is 606 g/mol. The summed E-state index contributed by atoms with van der Waals surface area (Å²) >= 11 is 0. The number of amides is 1. The van der Waals surface area contributed by atoms with Gasteiger partial charge in [-0.05, 0) is 49.8 Å². The summed E-state index contributed by atoms with van der Waals surface area (Å²) in [6.45, 7) is 2.56. The van der Waals surface area contributed by atoms with Crippen LogP contribution < -0.4 is 10.1 Å². The second kappa shape index (κ2) is 23.2. The van der Waals surface area contributed by atoms with Gasteiger partial charge in [-0.25, -0.2) is 9.59 Å². The highest BCUT2D eigenvalue weighted by molar-refractivity contribution is 5.94. The van der Waals surface area contributed by atoms with Crippen molar-refractivity contribution in [2.75, 3.05) is 6.61 Å². The molecule has 0 aromatic heterocycles. The molecule has 0 saturated carbocycles. The van der Waals surface area contributed by atoms with Crippen molar-refractivity contribution in [3.8, 4) is 18.1 Å². The quantitative estimate of drug-likeness (QED) is 0.0470. The second-order valence-electron chi connectivity index (χ2n) is 11.8. The van der Waals surface area contributed by atoms with Gasteiger partial charge in [0.05, 0.1) is 18.9 Å². The van der Waals surface area contributed by atoms with Gasteiger partial charge in [-0.3, -0.25) is 14.4 Å². The van der Waals surface area contributed by atoms with Crippen molar-refractivity contribution in [1.82, 2.24) is 5.32 Å². The Hall–Kier alpha value is -4.17. The summed E-state index contributed by atoms with van der Waals surface area (Å²) in [6.07, 6.45) is 17.7. The van der Waals surface area contributed by atoms with E-state index in [1.807, 2.05) is 0 Å². The fourth-order valence-electron chi connectivity index (χ4n) is 5.02. The minimum Gasteiger partial charge on any atom is -0.494 e. The Morgan fingerprint density at radius 2 is 1.53 bits per heavy atom. The van der Waals surface area contributed by atoms with E-state index in [0.717, 1.165) is 51.0 Å². The van der Waals surface area contributed by atoms with E-state index in [1.165, 1.54) is 12.5 Å². The minimum absolute atomic E-state index is 0.166. The number of allylic oxidation sites excluding steroid dienone is 1. The molecule has 1 aromatic rings. The summed E-state index contributed by atoms with van der Waals surface area (Å²) in [4.78, 5) is 60.9. The van der Waals surface area contributed by atoms with E-state index in [-0.39, 0.29) is 12.2 Å². The average molecular weight is 658 g/mol. The zero-order valence-corrected chi connectivity index (χ0v) is 27.5. The Labute approximate surface area is 277 Å². The van der Waals surface area contributed by atoms with Gasteiger partial charge in [-0.15, -0.1) is 12.3 Å². The number of aliphatic carboxylic acids is 3. The van der Waals surface area contributed by atoms with Gasteiger partial charge in [0.1, 0.15) is 17.6 Å². The highest BCUT2D eigenvalue weighted by Gasteiger charge is 2.49. The lowest BCUT2D eigenvalue weighted by Crippen LogP contribution is -2.55. The van der Waals surface area contributed by atoms with Crippen molar-refractivity contribution in [2.24, 2.45) is 5.92 Å². The summed E-state index contributed by atoms with van der Waals surface area (Å²) in [7, 11) is 0. The van der Waals surface area contributed by atoms with Crippen molar-refractivity contribution < 1.29 is 49.1 Å². The van der Waals surface area contributed by atoms with E-state index < -0.39 is 47.8 Å². The maximum Gasteiger partial charge on any atom is 0.337 e. The predicted octanol–water partition coefficient (Wildman–Crippen LogP) is 5.32. The van der Waals surface area contributed by atoms with Gasteiger partial charge in [-0.1, -0.05) is 69.7 Å². The third-order valence-electron chi connectivity index (χ3n) is 7.76. The van der Waals surface area contributed by atoms with Crippen LogP contribution in [0.2, 0.25) is 0 Å². The molecule has 260 valence electrons. The van der Waals surface area contributed by atoms with Crippen LogP contribution in [0.5, 0.6) is 5.75 Å². The summed E-state index contributed by atoms with van der Waals surface area (Å²) in [5, 5.41) is 42.0. The zero-order chi connectivity index (χ0) is 35.1. The number of hydrogen-bond donors (Lipinski definition) is 5. The Kier molecular flexibility index (Phi) is 20.2. The van der Waals surface area contributed by atoms with E-state index >= 15 is 0 Å². The Morgan fingerprint density at radius 3 is 2.09 bits per heavy atom. The van der Waals surface area contributed by atoms with Crippen LogP contribution in [0.15, 0.2) is 36.4 Å².